The second-order valence-corrected chi connectivity index (χ2v) is 6.68. The van der Waals surface area contributed by atoms with E-state index in [-0.39, 0.29) is 22.0 Å². The van der Waals surface area contributed by atoms with E-state index in [1.807, 2.05) is 0 Å². The van der Waals surface area contributed by atoms with Crippen molar-refractivity contribution in [1.82, 2.24) is 0 Å². The number of hydrogen-bond donors (Lipinski definition) is 2. The second-order valence-electron chi connectivity index (χ2n) is 5.22. The Bertz CT molecular complexity index is 872. The number of halogens is 1. The predicted octanol–water partition coefficient (Wildman–Crippen LogP) is 3.64. The molecule has 2 rings (SSSR count). The van der Waals surface area contributed by atoms with Gasteiger partial charge in [-0.2, -0.15) is 0 Å². The molecule has 26 heavy (non-hydrogen) atoms. The number of nitrogens with one attached hydrogen (secondary N) is 1. The molecule has 0 radical (unpaired) electrons. The summed E-state index contributed by atoms with van der Waals surface area (Å²) in [4.78, 5) is 36.1. The molecule has 2 aromatic rings. The van der Waals surface area contributed by atoms with Gasteiger partial charge in [-0.25, -0.2) is 4.79 Å². The highest BCUT2D eigenvalue weighted by Crippen LogP contribution is 2.33. The van der Waals surface area contributed by atoms with Crippen LogP contribution in [0.15, 0.2) is 30.3 Å². The summed E-state index contributed by atoms with van der Waals surface area (Å²) in [6.45, 7) is 3.42. The zero-order valence-electron chi connectivity index (χ0n) is 14.2. The molecule has 0 atom stereocenters. The van der Waals surface area contributed by atoms with Crippen LogP contribution in [0.2, 0.25) is 5.02 Å². The normalized spacial score (nSPS) is 10.7. The first-order valence-corrected chi connectivity index (χ1v) is 8.87. The Hall–Kier alpha value is -2.64. The summed E-state index contributed by atoms with van der Waals surface area (Å²) >= 11 is 6.76. The van der Waals surface area contributed by atoms with Crippen LogP contribution in [-0.4, -0.2) is 24.4 Å². The van der Waals surface area contributed by atoms with Gasteiger partial charge in [-0.1, -0.05) is 23.7 Å². The van der Waals surface area contributed by atoms with E-state index in [0.717, 1.165) is 16.9 Å². The summed E-state index contributed by atoms with van der Waals surface area (Å²) in [6.07, 6.45) is 2.92. The minimum absolute atomic E-state index is 0.138. The Balaban J connectivity index is 2.25. The fourth-order valence-corrected chi connectivity index (χ4v) is 3.36. The lowest BCUT2D eigenvalue weighted by molar-refractivity contribution is -0.111. The van der Waals surface area contributed by atoms with Gasteiger partial charge in [0.15, 0.2) is 0 Å². The van der Waals surface area contributed by atoms with Crippen LogP contribution in [0.25, 0.3) is 6.08 Å². The van der Waals surface area contributed by atoms with E-state index in [0.29, 0.717) is 10.6 Å². The SMILES string of the molecule is CCOC(=O)c1c(NC(=O)C=Cc2ccc(Cl)cc2)sc(C(N)=O)c1C. The number of anilines is 1. The zero-order valence-corrected chi connectivity index (χ0v) is 15.7. The quantitative estimate of drug-likeness (QED) is 0.579. The number of hydrogen-bond acceptors (Lipinski definition) is 5. The van der Waals surface area contributed by atoms with Crippen molar-refractivity contribution in [2.45, 2.75) is 13.8 Å². The summed E-state index contributed by atoms with van der Waals surface area (Å²) < 4.78 is 5.00. The van der Waals surface area contributed by atoms with E-state index in [9.17, 15) is 14.4 Å². The van der Waals surface area contributed by atoms with Crippen molar-refractivity contribution in [3.8, 4) is 0 Å². The van der Waals surface area contributed by atoms with Crippen LogP contribution in [0.1, 0.15) is 38.1 Å². The molecule has 2 amide bonds. The molecule has 6 nitrogen and oxygen atoms in total. The fourth-order valence-electron chi connectivity index (χ4n) is 2.18. The lowest BCUT2D eigenvalue weighted by Gasteiger charge is -2.05. The molecule has 3 N–H and O–H groups in total. The van der Waals surface area contributed by atoms with Gasteiger partial charge in [0.05, 0.1) is 17.0 Å². The van der Waals surface area contributed by atoms with Crippen molar-refractivity contribution in [3.63, 3.8) is 0 Å². The standard InChI is InChI=1S/C18H17ClN2O4S/c1-3-25-18(24)14-10(2)15(16(20)23)26-17(14)21-13(22)9-6-11-4-7-12(19)8-5-11/h4-9H,3H2,1-2H3,(H2,20,23)(H,21,22). The first-order valence-electron chi connectivity index (χ1n) is 7.68. The van der Waals surface area contributed by atoms with Crippen LogP contribution in [0.3, 0.4) is 0 Å². The topological polar surface area (TPSA) is 98.5 Å². The molecule has 1 aromatic heterocycles. The molecule has 1 aromatic carbocycles. The monoisotopic (exact) mass is 392 g/mol. The Kier molecular flexibility index (Phi) is 6.54. The van der Waals surface area contributed by atoms with E-state index < -0.39 is 17.8 Å². The first kappa shape index (κ1) is 19.7. The Morgan fingerprint density at radius 2 is 1.92 bits per heavy atom. The molecule has 8 heteroatoms. The number of thiophene rings is 1. The zero-order chi connectivity index (χ0) is 19.3. The highest BCUT2D eigenvalue weighted by Gasteiger charge is 2.25. The van der Waals surface area contributed by atoms with E-state index >= 15 is 0 Å². The molecule has 0 aliphatic carbocycles. The van der Waals surface area contributed by atoms with Crippen molar-refractivity contribution >= 4 is 51.8 Å². The summed E-state index contributed by atoms with van der Waals surface area (Å²) in [5, 5.41) is 3.42. The minimum Gasteiger partial charge on any atom is -0.462 e. The number of carbonyl (C=O) groups is 3. The molecule has 0 aliphatic heterocycles. The van der Waals surface area contributed by atoms with Gasteiger partial charge in [-0.3, -0.25) is 9.59 Å². The van der Waals surface area contributed by atoms with Gasteiger partial charge in [0.25, 0.3) is 5.91 Å². The van der Waals surface area contributed by atoms with Crippen molar-refractivity contribution in [2.75, 3.05) is 11.9 Å². The highest BCUT2D eigenvalue weighted by atomic mass is 35.5. The molecule has 0 aliphatic rings. The minimum atomic E-state index is -0.671. The summed E-state index contributed by atoms with van der Waals surface area (Å²) in [7, 11) is 0. The second kappa shape index (κ2) is 8.64. The number of primary amides is 1. The van der Waals surface area contributed by atoms with E-state index in [4.69, 9.17) is 22.1 Å². The van der Waals surface area contributed by atoms with Crippen LogP contribution in [0, 0.1) is 6.92 Å². The summed E-state index contributed by atoms with van der Waals surface area (Å²) in [5.41, 5.74) is 6.64. The molecule has 0 unspecified atom stereocenters. The molecule has 0 saturated heterocycles. The Labute approximate surface area is 159 Å². The number of amides is 2. The average Bonchev–Trinajstić information content (AvgIpc) is 2.91. The summed E-state index contributed by atoms with van der Waals surface area (Å²) in [6, 6.07) is 6.94. The molecule has 0 fully saturated rings. The van der Waals surface area contributed by atoms with Crippen LogP contribution < -0.4 is 11.1 Å². The van der Waals surface area contributed by atoms with Gasteiger partial charge < -0.3 is 15.8 Å². The molecular weight excluding hydrogens is 376 g/mol. The average molecular weight is 393 g/mol. The van der Waals surface area contributed by atoms with Gasteiger partial charge >= 0.3 is 5.97 Å². The van der Waals surface area contributed by atoms with Crippen LogP contribution in [-0.2, 0) is 9.53 Å². The van der Waals surface area contributed by atoms with E-state index in [1.165, 1.54) is 6.08 Å². The predicted molar refractivity (Wildman–Crippen MR) is 103 cm³/mol. The number of esters is 1. The van der Waals surface area contributed by atoms with Crippen LogP contribution >= 0.6 is 22.9 Å². The molecule has 0 saturated carbocycles. The van der Waals surface area contributed by atoms with E-state index in [2.05, 4.69) is 5.32 Å². The fraction of sp³-hybridized carbons (Fsp3) is 0.167. The van der Waals surface area contributed by atoms with Gasteiger partial charge in [-0.05, 0) is 43.2 Å². The number of ether oxygens (including phenoxy) is 1. The van der Waals surface area contributed by atoms with Crippen molar-refractivity contribution in [2.24, 2.45) is 5.73 Å². The molecular formula is C18H17ClN2O4S. The molecule has 0 spiro atoms. The third-order valence-corrected chi connectivity index (χ3v) is 4.86. The number of nitrogens with two attached hydrogens (primary N) is 1. The van der Waals surface area contributed by atoms with Crippen molar-refractivity contribution in [3.05, 3.63) is 56.9 Å². The number of carbonyl (C=O) groups excluding carboxylic acids is 3. The smallest absolute Gasteiger partial charge is 0.341 e. The van der Waals surface area contributed by atoms with E-state index in [1.54, 1.807) is 44.2 Å². The number of benzene rings is 1. The maximum Gasteiger partial charge on any atom is 0.341 e. The van der Waals surface area contributed by atoms with Crippen LogP contribution in [0.5, 0.6) is 0 Å². The number of rotatable bonds is 6. The molecule has 0 bridgehead atoms. The first-order chi connectivity index (χ1) is 12.3. The Morgan fingerprint density at radius 3 is 2.50 bits per heavy atom. The van der Waals surface area contributed by atoms with Crippen LogP contribution in [0.4, 0.5) is 5.00 Å². The van der Waals surface area contributed by atoms with Gasteiger partial charge in [-0.15, -0.1) is 11.3 Å². The molecule has 1 heterocycles. The Morgan fingerprint density at radius 1 is 1.27 bits per heavy atom. The lowest BCUT2D eigenvalue weighted by atomic mass is 10.1. The molecule has 136 valence electrons. The van der Waals surface area contributed by atoms with Gasteiger partial charge in [0.2, 0.25) is 5.91 Å². The van der Waals surface area contributed by atoms with Gasteiger partial charge in [0.1, 0.15) is 5.00 Å². The highest BCUT2D eigenvalue weighted by molar-refractivity contribution is 7.18. The lowest BCUT2D eigenvalue weighted by Crippen LogP contribution is -2.13. The summed E-state index contributed by atoms with van der Waals surface area (Å²) in [5.74, 6) is -1.75. The van der Waals surface area contributed by atoms with Crippen molar-refractivity contribution in [1.29, 1.82) is 0 Å². The largest absolute Gasteiger partial charge is 0.462 e. The third kappa shape index (κ3) is 4.71. The third-order valence-electron chi connectivity index (χ3n) is 3.38. The van der Waals surface area contributed by atoms with Gasteiger partial charge in [0, 0.05) is 11.1 Å². The van der Waals surface area contributed by atoms with Crippen molar-refractivity contribution < 1.29 is 19.1 Å². The maximum absolute atomic E-state index is 12.2. The maximum atomic E-state index is 12.2.